The lowest BCUT2D eigenvalue weighted by atomic mass is 10.2. The van der Waals surface area contributed by atoms with Crippen LogP contribution >= 0.6 is 0 Å². The number of hydrogen-bond donors (Lipinski definition) is 1. The van der Waals surface area contributed by atoms with Crippen molar-refractivity contribution in [1.29, 1.82) is 0 Å². The summed E-state index contributed by atoms with van der Waals surface area (Å²) < 4.78 is 4.87. The van der Waals surface area contributed by atoms with E-state index in [9.17, 15) is 9.59 Å². The molecule has 5 rings (SSSR count). The first-order chi connectivity index (χ1) is 16.0. The maximum absolute atomic E-state index is 12.9. The van der Waals surface area contributed by atoms with Gasteiger partial charge in [0.1, 0.15) is 0 Å². The van der Waals surface area contributed by atoms with Crippen LogP contribution in [0.25, 0.3) is 28.1 Å². The van der Waals surface area contributed by atoms with E-state index in [0.717, 1.165) is 27.8 Å². The fourth-order valence-corrected chi connectivity index (χ4v) is 3.86. The molecule has 0 saturated heterocycles. The number of aryl methyl sites for hydroxylation is 2. The molecule has 2 aromatic heterocycles. The molecule has 0 bridgehead atoms. The first-order valence-electron chi connectivity index (χ1n) is 10.5. The van der Waals surface area contributed by atoms with Gasteiger partial charge in [-0.3, -0.25) is 13.9 Å². The summed E-state index contributed by atoms with van der Waals surface area (Å²) in [6.07, 6.45) is 0. The number of para-hydroxylation sites is 1. The Morgan fingerprint density at radius 3 is 2.27 bits per heavy atom. The second-order valence-electron chi connectivity index (χ2n) is 7.78. The van der Waals surface area contributed by atoms with Crippen molar-refractivity contribution in [2.75, 3.05) is 0 Å². The maximum Gasteiger partial charge on any atom is 0.328 e. The van der Waals surface area contributed by atoms with E-state index in [4.69, 9.17) is 0 Å². The molecule has 1 amide bonds. The number of fused-ring (bicyclic) bond motifs is 1. The van der Waals surface area contributed by atoms with Crippen LogP contribution in [-0.4, -0.2) is 29.8 Å². The van der Waals surface area contributed by atoms with Gasteiger partial charge in [-0.15, -0.1) is 5.10 Å². The molecule has 0 saturated carbocycles. The number of nitrogens with zero attached hydrogens (tertiary/aromatic N) is 5. The lowest BCUT2D eigenvalue weighted by Crippen LogP contribution is -2.24. The number of carbonyl (C=O) groups excluding carboxylic acids is 1. The Morgan fingerprint density at radius 2 is 1.55 bits per heavy atom. The van der Waals surface area contributed by atoms with Gasteiger partial charge in [0, 0.05) is 26.2 Å². The van der Waals surface area contributed by atoms with Crippen molar-refractivity contribution in [3.05, 3.63) is 101 Å². The van der Waals surface area contributed by atoms with Crippen LogP contribution in [0.1, 0.15) is 16.2 Å². The lowest BCUT2D eigenvalue weighted by molar-refractivity contribution is 0.0940. The van der Waals surface area contributed by atoms with Crippen LogP contribution in [-0.2, 0) is 20.6 Å². The number of amides is 1. The number of nitrogens with one attached hydrogen (secondary N) is 1. The van der Waals surface area contributed by atoms with Gasteiger partial charge in [0.2, 0.25) is 5.82 Å². The molecule has 5 aromatic rings. The Morgan fingerprint density at radius 1 is 0.879 bits per heavy atom. The molecular formula is C25H22N6O2. The predicted molar refractivity (Wildman–Crippen MR) is 126 cm³/mol. The molecule has 8 heteroatoms. The molecule has 3 aromatic carbocycles. The predicted octanol–water partition coefficient (Wildman–Crippen LogP) is 3.05. The Hall–Kier alpha value is -4.46. The molecule has 164 valence electrons. The zero-order chi connectivity index (χ0) is 22.9. The largest absolute Gasteiger partial charge is 0.345 e. The standard InChI is InChI=1S/C25H22N6O2/c1-29-20-14-13-17(15-21(20)30(2)25(29)33)16-26-24(32)22-27-23(18-9-5-3-6-10-18)31(28-22)19-11-7-4-8-12-19/h3-15H,16H2,1-2H3,(H,26,32). The van der Waals surface area contributed by atoms with Gasteiger partial charge in [0.15, 0.2) is 5.82 Å². The fraction of sp³-hybridized carbons (Fsp3) is 0.120. The van der Waals surface area contributed by atoms with E-state index in [1.54, 1.807) is 27.9 Å². The third-order valence-corrected chi connectivity index (χ3v) is 5.63. The van der Waals surface area contributed by atoms with Gasteiger partial charge >= 0.3 is 5.69 Å². The highest BCUT2D eigenvalue weighted by Crippen LogP contribution is 2.21. The molecular weight excluding hydrogens is 416 g/mol. The number of rotatable bonds is 5. The van der Waals surface area contributed by atoms with Crippen molar-refractivity contribution in [3.63, 3.8) is 0 Å². The number of imidazole rings is 1. The highest BCUT2D eigenvalue weighted by Gasteiger charge is 2.18. The number of hydrogen-bond acceptors (Lipinski definition) is 4. The molecule has 0 aliphatic heterocycles. The monoisotopic (exact) mass is 438 g/mol. The molecule has 0 aliphatic rings. The average molecular weight is 438 g/mol. The van der Waals surface area contributed by atoms with Crippen molar-refractivity contribution in [2.45, 2.75) is 6.54 Å². The minimum atomic E-state index is -0.371. The van der Waals surface area contributed by atoms with E-state index in [1.807, 2.05) is 78.9 Å². The Labute approximate surface area is 189 Å². The molecule has 8 nitrogen and oxygen atoms in total. The summed E-state index contributed by atoms with van der Waals surface area (Å²) in [5, 5.41) is 7.39. The molecule has 0 spiro atoms. The lowest BCUT2D eigenvalue weighted by Gasteiger charge is -2.05. The third-order valence-electron chi connectivity index (χ3n) is 5.63. The molecule has 0 fully saturated rings. The fourth-order valence-electron chi connectivity index (χ4n) is 3.86. The zero-order valence-electron chi connectivity index (χ0n) is 18.3. The maximum atomic E-state index is 12.9. The summed E-state index contributed by atoms with van der Waals surface area (Å²) >= 11 is 0. The quantitative estimate of drug-likeness (QED) is 0.457. The van der Waals surface area contributed by atoms with E-state index in [0.29, 0.717) is 12.4 Å². The van der Waals surface area contributed by atoms with Gasteiger partial charge in [-0.05, 0) is 29.8 Å². The Balaban J connectivity index is 1.43. The molecule has 0 radical (unpaired) electrons. The first kappa shape index (κ1) is 20.4. The van der Waals surface area contributed by atoms with Crippen molar-refractivity contribution < 1.29 is 4.79 Å². The molecule has 2 heterocycles. The van der Waals surface area contributed by atoms with Crippen molar-refractivity contribution >= 4 is 16.9 Å². The van der Waals surface area contributed by atoms with Gasteiger partial charge in [0.25, 0.3) is 5.91 Å². The van der Waals surface area contributed by atoms with Gasteiger partial charge in [-0.1, -0.05) is 54.6 Å². The van der Waals surface area contributed by atoms with Crippen LogP contribution in [0.5, 0.6) is 0 Å². The topological polar surface area (TPSA) is 86.7 Å². The third kappa shape index (κ3) is 3.71. The van der Waals surface area contributed by atoms with Crippen LogP contribution in [0.2, 0.25) is 0 Å². The summed E-state index contributed by atoms with van der Waals surface area (Å²) in [5.74, 6) is 0.308. The van der Waals surface area contributed by atoms with Crippen LogP contribution in [0.15, 0.2) is 83.7 Å². The minimum absolute atomic E-state index is 0.0877. The normalized spacial score (nSPS) is 11.1. The zero-order valence-corrected chi connectivity index (χ0v) is 18.3. The van der Waals surface area contributed by atoms with Crippen LogP contribution < -0.4 is 11.0 Å². The number of aromatic nitrogens is 5. The van der Waals surface area contributed by atoms with Gasteiger partial charge in [-0.25, -0.2) is 14.5 Å². The summed E-state index contributed by atoms with van der Waals surface area (Å²) in [6, 6.07) is 24.9. The highest BCUT2D eigenvalue weighted by molar-refractivity contribution is 5.91. The second-order valence-corrected chi connectivity index (χ2v) is 7.78. The van der Waals surface area contributed by atoms with E-state index in [-0.39, 0.29) is 17.4 Å². The van der Waals surface area contributed by atoms with E-state index in [1.165, 1.54) is 0 Å². The molecule has 0 unspecified atom stereocenters. The Kier molecular flexibility index (Phi) is 5.10. The van der Waals surface area contributed by atoms with Gasteiger partial charge < -0.3 is 5.32 Å². The molecule has 0 aliphatic carbocycles. The summed E-state index contributed by atoms with van der Waals surface area (Å²) in [5.41, 5.74) is 4.13. The minimum Gasteiger partial charge on any atom is -0.345 e. The number of carbonyl (C=O) groups is 1. The highest BCUT2D eigenvalue weighted by atomic mass is 16.2. The molecule has 33 heavy (non-hydrogen) atoms. The summed E-state index contributed by atoms with van der Waals surface area (Å²) in [7, 11) is 3.48. The van der Waals surface area contributed by atoms with Crippen molar-refractivity contribution in [1.82, 2.24) is 29.2 Å². The number of benzene rings is 3. The SMILES string of the molecule is Cn1c(=O)n(C)c2cc(CNC(=O)c3nc(-c4ccccc4)n(-c4ccccc4)n3)ccc21. The Bertz CT molecular complexity index is 1460. The smallest absolute Gasteiger partial charge is 0.328 e. The van der Waals surface area contributed by atoms with Crippen LogP contribution in [0.3, 0.4) is 0 Å². The van der Waals surface area contributed by atoms with Gasteiger partial charge in [-0.2, -0.15) is 0 Å². The molecule has 0 atom stereocenters. The van der Waals surface area contributed by atoms with E-state index in [2.05, 4.69) is 15.4 Å². The summed E-state index contributed by atoms with van der Waals surface area (Å²) in [4.78, 5) is 29.6. The van der Waals surface area contributed by atoms with Crippen molar-refractivity contribution in [2.24, 2.45) is 14.1 Å². The van der Waals surface area contributed by atoms with E-state index < -0.39 is 0 Å². The van der Waals surface area contributed by atoms with Crippen LogP contribution in [0.4, 0.5) is 0 Å². The first-order valence-corrected chi connectivity index (χ1v) is 10.5. The van der Waals surface area contributed by atoms with Gasteiger partial charge in [0.05, 0.1) is 16.7 Å². The molecule has 1 N–H and O–H groups in total. The second kappa shape index (κ2) is 8.23. The van der Waals surface area contributed by atoms with E-state index >= 15 is 0 Å². The van der Waals surface area contributed by atoms with Crippen LogP contribution in [0, 0.1) is 0 Å². The van der Waals surface area contributed by atoms with Crippen molar-refractivity contribution in [3.8, 4) is 17.1 Å². The average Bonchev–Trinajstić information content (AvgIpc) is 3.40. The summed E-state index contributed by atoms with van der Waals surface area (Å²) in [6.45, 7) is 0.290.